The predicted molar refractivity (Wildman–Crippen MR) is 103 cm³/mol. The van der Waals surface area contributed by atoms with Gasteiger partial charge in [0.15, 0.2) is 0 Å². The molecule has 2 heterocycles. The Morgan fingerprint density at radius 1 is 1.11 bits per heavy atom. The van der Waals surface area contributed by atoms with E-state index in [1.54, 1.807) is 11.0 Å². The van der Waals surface area contributed by atoms with Gasteiger partial charge < -0.3 is 20.0 Å². The molecular weight excluding hydrogens is 342 g/mol. The molecule has 1 aromatic heterocycles. The van der Waals surface area contributed by atoms with Crippen LogP contribution >= 0.6 is 0 Å². The lowest BCUT2D eigenvalue weighted by Gasteiger charge is -2.34. The Balaban J connectivity index is 1.53. The maximum atomic E-state index is 13.0. The predicted octanol–water partition coefficient (Wildman–Crippen LogP) is 2.16. The van der Waals surface area contributed by atoms with Gasteiger partial charge in [0.25, 0.3) is 5.91 Å². The zero-order chi connectivity index (χ0) is 19.1. The van der Waals surface area contributed by atoms with Gasteiger partial charge >= 0.3 is 0 Å². The fraction of sp³-hybridized carbons (Fsp3) is 0.429. The van der Waals surface area contributed by atoms with Crippen LogP contribution in [0.15, 0.2) is 53.3 Å². The van der Waals surface area contributed by atoms with Crippen LogP contribution in [0.3, 0.4) is 0 Å². The number of hydrogen-bond acceptors (Lipinski definition) is 4. The zero-order valence-corrected chi connectivity index (χ0v) is 15.5. The number of rotatable bonds is 7. The molecular formula is C21H27N3O3. The van der Waals surface area contributed by atoms with Crippen molar-refractivity contribution < 1.29 is 14.0 Å². The molecule has 0 radical (unpaired) electrons. The summed E-state index contributed by atoms with van der Waals surface area (Å²) >= 11 is 0. The van der Waals surface area contributed by atoms with Crippen molar-refractivity contribution in [3.63, 3.8) is 0 Å². The van der Waals surface area contributed by atoms with Gasteiger partial charge in [0.2, 0.25) is 5.91 Å². The van der Waals surface area contributed by atoms with Crippen molar-refractivity contribution in [3.05, 3.63) is 60.1 Å². The van der Waals surface area contributed by atoms with Crippen molar-refractivity contribution in [2.75, 3.05) is 32.7 Å². The molecule has 0 spiro atoms. The molecule has 0 atom stereocenters. The third-order valence-electron chi connectivity index (χ3n) is 5.12. The smallest absolute Gasteiger partial charge is 0.257 e. The molecule has 0 saturated carbocycles. The number of carbonyl (C=O) groups is 2. The summed E-state index contributed by atoms with van der Waals surface area (Å²) < 4.78 is 4.99. The van der Waals surface area contributed by atoms with E-state index in [0.717, 1.165) is 6.42 Å². The molecule has 6 nitrogen and oxygen atoms in total. The van der Waals surface area contributed by atoms with E-state index >= 15 is 0 Å². The van der Waals surface area contributed by atoms with Crippen molar-refractivity contribution in [1.82, 2.24) is 9.80 Å². The van der Waals surface area contributed by atoms with E-state index < -0.39 is 0 Å². The van der Waals surface area contributed by atoms with Gasteiger partial charge in [-0.25, -0.2) is 0 Å². The normalized spacial score (nSPS) is 14.9. The second kappa shape index (κ2) is 9.37. The average Bonchev–Trinajstić information content (AvgIpc) is 3.26. The van der Waals surface area contributed by atoms with Gasteiger partial charge in [-0.1, -0.05) is 30.3 Å². The van der Waals surface area contributed by atoms with Crippen LogP contribution < -0.4 is 5.73 Å². The second-order valence-corrected chi connectivity index (χ2v) is 6.93. The van der Waals surface area contributed by atoms with E-state index in [-0.39, 0.29) is 17.7 Å². The highest BCUT2D eigenvalue weighted by Crippen LogP contribution is 2.21. The lowest BCUT2D eigenvalue weighted by atomic mass is 9.94. The Morgan fingerprint density at radius 2 is 1.85 bits per heavy atom. The van der Waals surface area contributed by atoms with E-state index in [9.17, 15) is 9.59 Å². The van der Waals surface area contributed by atoms with Crippen LogP contribution in [0.4, 0.5) is 0 Å². The van der Waals surface area contributed by atoms with Crippen LogP contribution in [0.5, 0.6) is 0 Å². The lowest BCUT2D eigenvalue weighted by molar-refractivity contribution is -0.136. The zero-order valence-electron chi connectivity index (χ0n) is 15.5. The number of hydrogen-bond donors (Lipinski definition) is 1. The van der Waals surface area contributed by atoms with E-state index in [2.05, 4.69) is 12.1 Å². The number of benzene rings is 1. The molecule has 0 bridgehead atoms. The minimum atomic E-state index is -0.0410. The number of amides is 2. The molecule has 3 rings (SSSR count). The quantitative estimate of drug-likeness (QED) is 0.811. The molecule has 0 aliphatic carbocycles. The minimum Gasteiger partial charge on any atom is -0.472 e. The van der Waals surface area contributed by atoms with Crippen LogP contribution in [0, 0.1) is 5.92 Å². The molecule has 1 aliphatic heterocycles. The standard InChI is InChI=1S/C21H27N3O3/c22-10-14-24(11-6-17-4-2-1-3-5-17)20(25)18-7-12-23(13-8-18)21(26)19-9-15-27-16-19/h1-5,9,15-16,18H,6-8,10-14,22H2. The van der Waals surface area contributed by atoms with E-state index in [4.69, 9.17) is 10.2 Å². The Morgan fingerprint density at radius 3 is 2.48 bits per heavy atom. The summed E-state index contributed by atoms with van der Waals surface area (Å²) in [7, 11) is 0. The molecule has 144 valence electrons. The largest absolute Gasteiger partial charge is 0.472 e. The number of piperidine rings is 1. The average molecular weight is 369 g/mol. The summed E-state index contributed by atoms with van der Waals surface area (Å²) in [6.45, 7) is 2.89. The fourth-order valence-corrected chi connectivity index (χ4v) is 3.55. The van der Waals surface area contributed by atoms with Crippen LogP contribution in [0.2, 0.25) is 0 Å². The summed E-state index contributed by atoms with van der Waals surface area (Å²) in [6, 6.07) is 11.8. The van der Waals surface area contributed by atoms with Crippen molar-refractivity contribution in [1.29, 1.82) is 0 Å². The van der Waals surface area contributed by atoms with E-state index in [1.165, 1.54) is 18.1 Å². The van der Waals surface area contributed by atoms with Gasteiger partial charge in [0.05, 0.1) is 11.8 Å². The lowest BCUT2D eigenvalue weighted by Crippen LogP contribution is -2.46. The molecule has 1 saturated heterocycles. The van der Waals surface area contributed by atoms with Crippen LogP contribution in [-0.4, -0.2) is 54.3 Å². The van der Waals surface area contributed by atoms with Gasteiger partial charge in [-0.05, 0) is 30.9 Å². The summed E-state index contributed by atoms with van der Waals surface area (Å²) in [5.74, 6) is 0.0880. The summed E-state index contributed by atoms with van der Waals surface area (Å²) in [4.78, 5) is 29.0. The van der Waals surface area contributed by atoms with Gasteiger partial charge in [-0.15, -0.1) is 0 Å². The van der Waals surface area contributed by atoms with Crippen molar-refractivity contribution >= 4 is 11.8 Å². The third-order valence-corrected chi connectivity index (χ3v) is 5.12. The van der Waals surface area contributed by atoms with Gasteiger partial charge in [0.1, 0.15) is 6.26 Å². The maximum Gasteiger partial charge on any atom is 0.257 e. The number of carbonyl (C=O) groups excluding carboxylic acids is 2. The second-order valence-electron chi connectivity index (χ2n) is 6.93. The summed E-state index contributed by atoms with van der Waals surface area (Å²) in [5, 5.41) is 0. The first-order valence-corrected chi connectivity index (χ1v) is 9.53. The number of nitrogens with zero attached hydrogens (tertiary/aromatic N) is 2. The Hall–Kier alpha value is -2.60. The molecule has 1 aromatic carbocycles. The molecule has 2 aromatic rings. The monoisotopic (exact) mass is 369 g/mol. The van der Waals surface area contributed by atoms with Gasteiger partial charge in [-0.2, -0.15) is 0 Å². The number of nitrogens with two attached hydrogens (primary N) is 1. The maximum absolute atomic E-state index is 13.0. The fourth-order valence-electron chi connectivity index (χ4n) is 3.55. The highest BCUT2D eigenvalue weighted by atomic mass is 16.3. The molecule has 1 fully saturated rings. The van der Waals surface area contributed by atoms with E-state index in [1.807, 2.05) is 23.1 Å². The summed E-state index contributed by atoms with van der Waals surface area (Å²) in [5.41, 5.74) is 7.50. The first kappa shape index (κ1) is 19.2. The highest BCUT2D eigenvalue weighted by molar-refractivity contribution is 5.94. The number of furan rings is 1. The third kappa shape index (κ3) is 4.98. The van der Waals surface area contributed by atoms with Crippen molar-refractivity contribution in [2.45, 2.75) is 19.3 Å². The number of likely N-dealkylation sites (tertiary alicyclic amines) is 1. The topological polar surface area (TPSA) is 79.8 Å². The first-order chi connectivity index (χ1) is 13.2. The highest BCUT2D eigenvalue weighted by Gasteiger charge is 2.30. The summed E-state index contributed by atoms with van der Waals surface area (Å²) in [6.07, 6.45) is 5.17. The molecule has 0 unspecified atom stereocenters. The Kier molecular flexibility index (Phi) is 6.65. The minimum absolute atomic E-state index is 0.0301. The molecule has 6 heteroatoms. The van der Waals surface area contributed by atoms with Crippen LogP contribution in [-0.2, 0) is 11.2 Å². The Bertz CT molecular complexity index is 722. The van der Waals surface area contributed by atoms with Gasteiger partial charge in [0, 0.05) is 38.6 Å². The molecule has 2 N–H and O–H groups in total. The van der Waals surface area contributed by atoms with Gasteiger partial charge in [-0.3, -0.25) is 9.59 Å². The van der Waals surface area contributed by atoms with E-state index in [0.29, 0.717) is 51.1 Å². The Labute approximate surface area is 159 Å². The van der Waals surface area contributed by atoms with Crippen molar-refractivity contribution in [2.24, 2.45) is 11.7 Å². The molecule has 2 amide bonds. The van der Waals surface area contributed by atoms with Crippen molar-refractivity contribution in [3.8, 4) is 0 Å². The van der Waals surface area contributed by atoms with Crippen LogP contribution in [0.1, 0.15) is 28.8 Å². The van der Waals surface area contributed by atoms with Crippen LogP contribution in [0.25, 0.3) is 0 Å². The molecule has 1 aliphatic rings. The SMILES string of the molecule is NCCN(CCc1ccccc1)C(=O)C1CCN(C(=O)c2ccoc2)CC1. The molecule has 27 heavy (non-hydrogen) atoms. The first-order valence-electron chi connectivity index (χ1n) is 9.53.